The fraction of sp³-hybridized carbons (Fsp3) is 0.462. The van der Waals surface area contributed by atoms with E-state index >= 15 is 0 Å². The van der Waals surface area contributed by atoms with E-state index in [0.717, 1.165) is 0 Å². The van der Waals surface area contributed by atoms with Crippen molar-refractivity contribution in [3.05, 3.63) is 22.7 Å². The van der Waals surface area contributed by atoms with Crippen LogP contribution in [0.1, 0.15) is 17.3 Å². The van der Waals surface area contributed by atoms with Crippen LogP contribution >= 0.6 is 11.6 Å². The Kier molecular flexibility index (Phi) is 4.88. The summed E-state index contributed by atoms with van der Waals surface area (Å²) in [6.07, 6.45) is 0. The van der Waals surface area contributed by atoms with Crippen LogP contribution in [0.2, 0.25) is 5.02 Å². The van der Waals surface area contributed by atoms with E-state index in [4.69, 9.17) is 22.1 Å². The van der Waals surface area contributed by atoms with Gasteiger partial charge in [-0.2, -0.15) is 0 Å². The number of hydrogen-bond acceptors (Lipinski definition) is 5. The molecule has 1 aliphatic heterocycles. The molecule has 0 unspecified atom stereocenters. The molecule has 1 aromatic rings. The minimum Gasteiger partial charge on any atom is -0.462 e. The molecule has 5 nitrogen and oxygen atoms in total. The van der Waals surface area contributed by atoms with Gasteiger partial charge in [0.2, 0.25) is 0 Å². The van der Waals surface area contributed by atoms with E-state index in [-0.39, 0.29) is 6.61 Å². The van der Waals surface area contributed by atoms with E-state index in [1.54, 1.807) is 19.1 Å². The number of hydrogen-bond donors (Lipinski definition) is 1. The smallest absolute Gasteiger partial charge is 0.340 e. The molecule has 110 valence electrons. The van der Waals surface area contributed by atoms with Gasteiger partial charge < -0.3 is 15.4 Å². The van der Waals surface area contributed by atoms with Crippen LogP contribution in [0.15, 0.2) is 12.1 Å². The molecule has 0 saturated carbocycles. The lowest BCUT2D eigenvalue weighted by atomic mass is 10.1. The third kappa shape index (κ3) is 3.24. The van der Waals surface area contributed by atoms with Crippen molar-refractivity contribution in [1.29, 1.82) is 0 Å². The van der Waals surface area contributed by atoms with Crippen molar-refractivity contribution < 1.29 is 13.7 Å². The summed E-state index contributed by atoms with van der Waals surface area (Å²) in [5, 5.41) is 0.417. The normalized spacial score (nSPS) is 16.2. The number of anilines is 2. The lowest BCUT2D eigenvalue weighted by Gasteiger charge is -2.30. The highest BCUT2D eigenvalue weighted by atomic mass is 35.5. The van der Waals surface area contributed by atoms with Crippen LogP contribution in [-0.4, -0.2) is 41.4 Å². The van der Waals surface area contributed by atoms with Gasteiger partial charge in [0, 0.05) is 41.1 Å². The zero-order valence-electron chi connectivity index (χ0n) is 11.2. The highest BCUT2D eigenvalue weighted by Gasteiger charge is 2.24. The zero-order chi connectivity index (χ0) is 14.7. The Labute approximate surface area is 125 Å². The average Bonchev–Trinajstić information content (AvgIpc) is 2.39. The van der Waals surface area contributed by atoms with Gasteiger partial charge in [-0.1, -0.05) is 11.6 Å². The van der Waals surface area contributed by atoms with E-state index in [1.807, 2.05) is 4.90 Å². The Morgan fingerprint density at radius 2 is 2.10 bits per heavy atom. The molecule has 1 fully saturated rings. The lowest BCUT2D eigenvalue weighted by molar-refractivity contribution is 0.0527. The highest BCUT2D eigenvalue weighted by Crippen LogP contribution is 2.33. The number of ether oxygens (including phenoxy) is 1. The largest absolute Gasteiger partial charge is 0.462 e. The van der Waals surface area contributed by atoms with Gasteiger partial charge in [0.25, 0.3) is 0 Å². The summed E-state index contributed by atoms with van der Waals surface area (Å²) in [5.74, 6) is 0.703. The molecule has 1 heterocycles. The van der Waals surface area contributed by atoms with E-state index in [2.05, 4.69) is 0 Å². The van der Waals surface area contributed by atoms with Crippen molar-refractivity contribution in [3.63, 3.8) is 0 Å². The molecule has 0 atom stereocenters. The van der Waals surface area contributed by atoms with Crippen molar-refractivity contribution in [3.8, 4) is 0 Å². The van der Waals surface area contributed by atoms with Crippen LogP contribution in [0, 0.1) is 0 Å². The van der Waals surface area contributed by atoms with Crippen LogP contribution in [-0.2, 0) is 15.5 Å². The average molecular weight is 317 g/mol. The van der Waals surface area contributed by atoms with Gasteiger partial charge in [-0.25, -0.2) is 4.79 Å². The molecule has 1 aromatic carbocycles. The first-order valence-electron chi connectivity index (χ1n) is 6.39. The molecule has 2 rings (SSSR count). The van der Waals surface area contributed by atoms with Gasteiger partial charge in [0.05, 0.1) is 22.9 Å². The predicted molar refractivity (Wildman–Crippen MR) is 81.9 cm³/mol. The Balaban J connectivity index is 2.39. The fourth-order valence-electron chi connectivity index (χ4n) is 2.17. The minimum atomic E-state index is -0.792. The SMILES string of the molecule is CCOC(=O)c1cc(N)cc(Cl)c1N1CCS(=O)CC1. The van der Waals surface area contributed by atoms with E-state index in [9.17, 15) is 9.00 Å². The molecule has 0 bridgehead atoms. The minimum absolute atomic E-state index is 0.286. The number of nitrogens with zero attached hydrogens (tertiary/aromatic N) is 1. The van der Waals surface area contributed by atoms with E-state index in [0.29, 0.717) is 46.6 Å². The standard InChI is InChI=1S/C13H17ClN2O3S/c1-2-19-13(17)10-7-9(15)8-11(14)12(10)16-3-5-20(18)6-4-16/h7-8H,2-6,15H2,1H3. The van der Waals surface area contributed by atoms with Crippen molar-refractivity contribution in [2.45, 2.75) is 6.92 Å². The van der Waals surface area contributed by atoms with Gasteiger partial charge in [0.1, 0.15) is 0 Å². The van der Waals surface area contributed by atoms with Crippen molar-refractivity contribution in [2.75, 3.05) is 41.8 Å². The molecule has 1 aliphatic rings. The van der Waals surface area contributed by atoms with Gasteiger partial charge in [-0.05, 0) is 19.1 Å². The Morgan fingerprint density at radius 1 is 1.45 bits per heavy atom. The number of carbonyl (C=O) groups is 1. The summed E-state index contributed by atoms with van der Waals surface area (Å²) >= 11 is 6.24. The second-order valence-corrected chi connectivity index (χ2v) is 6.56. The summed E-state index contributed by atoms with van der Waals surface area (Å²) < 4.78 is 16.5. The fourth-order valence-corrected chi connectivity index (χ4v) is 3.57. The molecular weight excluding hydrogens is 300 g/mol. The molecule has 0 aromatic heterocycles. The number of nitrogen functional groups attached to an aromatic ring is 1. The molecule has 0 amide bonds. The first-order chi connectivity index (χ1) is 9.52. The first kappa shape index (κ1) is 15.1. The van der Waals surface area contributed by atoms with Crippen LogP contribution in [0.4, 0.5) is 11.4 Å². The van der Waals surface area contributed by atoms with Gasteiger partial charge in [0.15, 0.2) is 0 Å². The van der Waals surface area contributed by atoms with Crippen LogP contribution < -0.4 is 10.6 Å². The van der Waals surface area contributed by atoms with Gasteiger partial charge >= 0.3 is 5.97 Å². The van der Waals surface area contributed by atoms with Crippen molar-refractivity contribution >= 4 is 39.7 Å². The third-order valence-corrected chi connectivity index (χ3v) is 4.64. The molecule has 20 heavy (non-hydrogen) atoms. The maximum atomic E-state index is 12.1. The van der Waals surface area contributed by atoms with Gasteiger partial charge in [-0.3, -0.25) is 4.21 Å². The molecule has 0 spiro atoms. The number of esters is 1. The number of nitrogens with two attached hydrogens (primary N) is 1. The monoisotopic (exact) mass is 316 g/mol. The van der Waals surface area contributed by atoms with Crippen molar-refractivity contribution in [2.24, 2.45) is 0 Å². The Bertz CT molecular complexity index is 541. The van der Waals surface area contributed by atoms with Crippen LogP contribution in [0.3, 0.4) is 0 Å². The quantitative estimate of drug-likeness (QED) is 0.678. The second-order valence-electron chi connectivity index (χ2n) is 4.45. The molecule has 2 N–H and O–H groups in total. The number of rotatable bonds is 3. The van der Waals surface area contributed by atoms with Gasteiger partial charge in [-0.15, -0.1) is 0 Å². The van der Waals surface area contributed by atoms with Crippen molar-refractivity contribution in [1.82, 2.24) is 0 Å². The maximum absolute atomic E-state index is 12.1. The topological polar surface area (TPSA) is 72.6 Å². The van der Waals surface area contributed by atoms with Crippen LogP contribution in [0.5, 0.6) is 0 Å². The lowest BCUT2D eigenvalue weighted by Crippen LogP contribution is -2.38. The van der Waals surface area contributed by atoms with E-state index < -0.39 is 16.8 Å². The molecule has 7 heteroatoms. The Morgan fingerprint density at radius 3 is 2.70 bits per heavy atom. The predicted octanol–water partition coefficient (Wildman–Crippen LogP) is 1.67. The first-order valence-corrected chi connectivity index (χ1v) is 8.25. The third-order valence-electron chi connectivity index (χ3n) is 3.08. The molecular formula is C13H17ClN2O3S. The summed E-state index contributed by atoms with van der Waals surface area (Å²) in [7, 11) is -0.792. The molecule has 0 aliphatic carbocycles. The maximum Gasteiger partial charge on any atom is 0.340 e. The second kappa shape index (κ2) is 6.45. The summed E-state index contributed by atoms with van der Waals surface area (Å²) in [6.45, 7) is 3.23. The zero-order valence-corrected chi connectivity index (χ0v) is 12.8. The summed E-state index contributed by atoms with van der Waals surface area (Å²) in [4.78, 5) is 14.0. The van der Waals surface area contributed by atoms with Crippen LogP contribution in [0.25, 0.3) is 0 Å². The van der Waals surface area contributed by atoms with E-state index in [1.165, 1.54) is 0 Å². The number of halogens is 1. The number of benzene rings is 1. The number of carbonyl (C=O) groups excluding carboxylic acids is 1. The highest BCUT2D eigenvalue weighted by molar-refractivity contribution is 7.85. The molecule has 1 saturated heterocycles. The molecule has 0 radical (unpaired) electrons. The summed E-state index contributed by atoms with van der Waals surface area (Å²) in [6, 6.07) is 3.19. The summed E-state index contributed by atoms with van der Waals surface area (Å²) in [5.41, 5.74) is 7.16. The Hall–Kier alpha value is -1.27.